The number of pyridine rings is 1. The first-order valence-electron chi connectivity index (χ1n) is 10.7. The summed E-state index contributed by atoms with van der Waals surface area (Å²) >= 11 is 0. The van der Waals surface area contributed by atoms with E-state index in [0.717, 1.165) is 28.1 Å². The molecule has 4 rings (SSSR count). The Labute approximate surface area is 198 Å². The van der Waals surface area contributed by atoms with E-state index in [2.05, 4.69) is 10.3 Å². The highest BCUT2D eigenvalue weighted by Crippen LogP contribution is 2.29. The molecule has 0 aliphatic rings. The van der Waals surface area contributed by atoms with Crippen LogP contribution in [-0.4, -0.2) is 27.8 Å². The van der Waals surface area contributed by atoms with Crippen LogP contribution in [0.1, 0.15) is 16.7 Å². The number of benzene rings is 2. The monoisotopic (exact) mass is 449 g/mol. The Morgan fingerprint density at radius 2 is 2.00 bits per heavy atom. The molecule has 2 aromatic carbocycles. The van der Waals surface area contributed by atoms with Crippen molar-refractivity contribution >= 4 is 12.0 Å². The molecule has 0 unspecified atom stereocenters. The zero-order valence-electron chi connectivity index (χ0n) is 18.9. The molecule has 0 aliphatic carbocycles. The fourth-order valence-electron chi connectivity index (χ4n) is 3.54. The van der Waals surface area contributed by atoms with Crippen molar-refractivity contribution in [3.63, 3.8) is 0 Å². The van der Waals surface area contributed by atoms with E-state index in [1.807, 2.05) is 73.8 Å². The summed E-state index contributed by atoms with van der Waals surface area (Å²) in [6, 6.07) is 21.1. The molecule has 0 aliphatic heterocycles. The Bertz CT molecular complexity index is 1370. The molecule has 0 radical (unpaired) electrons. The zero-order valence-corrected chi connectivity index (χ0v) is 18.9. The first-order chi connectivity index (χ1) is 16.6. The molecule has 0 saturated carbocycles. The lowest BCUT2D eigenvalue weighted by atomic mass is 10.0. The number of rotatable bonds is 7. The van der Waals surface area contributed by atoms with Gasteiger partial charge < -0.3 is 10.1 Å². The van der Waals surface area contributed by atoms with Crippen molar-refractivity contribution in [3.8, 4) is 28.8 Å². The van der Waals surface area contributed by atoms with Gasteiger partial charge in [0, 0.05) is 36.3 Å². The van der Waals surface area contributed by atoms with E-state index in [1.165, 1.54) is 0 Å². The molecular weight excluding hydrogens is 426 g/mol. The number of carbonyl (C=O) groups excluding carboxylic acids is 1. The van der Waals surface area contributed by atoms with Gasteiger partial charge in [-0.2, -0.15) is 10.4 Å². The zero-order chi connectivity index (χ0) is 23.9. The molecule has 0 spiro atoms. The van der Waals surface area contributed by atoms with Crippen molar-refractivity contribution in [2.45, 2.75) is 13.5 Å². The number of amides is 1. The molecule has 0 saturated heterocycles. The second kappa shape index (κ2) is 10.3. The fraction of sp³-hybridized carbons (Fsp3) is 0.111. The third kappa shape index (κ3) is 5.03. The number of ether oxygens (including phenoxy) is 1. The Morgan fingerprint density at radius 3 is 2.68 bits per heavy atom. The lowest BCUT2D eigenvalue weighted by molar-refractivity contribution is -0.117. The third-order valence-electron chi connectivity index (χ3n) is 5.27. The number of nitrogens with one attached hydrogen (secondary N) is 1. The molecule has 2 heterocycles. The van der Waals surface area contributed by atoms with E-state index in [9.17, 15) is 10.1 Å². The number of aryl methyl sites for hydroxylation is 1. The van der Waals surface area contributed by atoms with Gasteiger partial charge in [-0.1, -0.05) is 24.3 Å². The minimum Gasteiger partial charge on any atom is -0.496 e. The van der Waals surface area contributed by atoms with Crippen LogP contribution in [0.3, 0.4) is 0 Å². The minimum absolute atomic E-state index is 0.0111. The summed E-state index contributed by atoms with van der Waals surface area (Å²) in [6.07, 6.45) is 6.72. The van der Waals surface area contributed by atoms with Crippen LogP contribution in [0.5, 0.6) is 5.75 Å². The Hall–Kier alpha value is -4.70. The lowest BCUT2D eigenvalue weighted by Gasteiger charge is -2.07. The van der Waals surface area contributed by atoms with Crippen molar-refractivity contribution in [3.05, 3.63) is 102 Å². The van der Waals surface area contributed by atoms with Gasteiger partial charge in [-0.25, -0.2) is 4.68 Å². The van der Waals surface area contributed by atoms with Gasteiger partial charge in [0.05, 0.1) is 12.8 Å². The van der Waals surface area contributed by atoms with Crippen LogP contribution < -0.4 is 10.1 Å². The summed E-state index contributed by atoms with van der Waals surface area (Å²) < 4.78 is 7.12. The summed E-state index contributed by atoms with van der Waals surface area (Å²) in [5, 5.41) is 17.3. The number of hydrogen-bond acceptors (Lipinski definition) is 5. The highest BCUT2D eigenvalue weighted by molar-refractivity contribution is 6.02. The molecular formula is C27H23N5O2. The average molecular weight is 450 g/mol. The van der Waals surface area contributed by atoms with Gasteiger partial charge in [-0.05, 0) is 60.5 Å². The Balaban J connectivity index is 1.72. The highest BCUT2D eigenvalue weighted by atomic mass is 16.5. The highest BCUT2D eigenvalue weighted by Gasteiger charge is 2.16. The molecule has 0 bridgehead atoms. The predicted molar refractivity (Wildman–Crippen MR) is 130 cm³/mol. The molecule has 2 aromatic heterocycles. The molecule has 34 heavy (non-hydrogen) atoms. The normalized spacial score (nSPS) is 11.0. The fourth-order valence-corrected chi connectivity index (χ4v) is 3.54. The second-order valence-corrected chi connectivity index (χ2v) is 7.61. The minimum atomic E-state index is -0.462. The van der Waals surface area contributed by atoms with Gasteiger partial charge in [-0.15, -0.1) is 0 Å². The Morgan fingerprint density at radius 1 is 1.18 bits per heavy atom. The summed E-state index contributed by atoms with van der Waals surface area (Å²) in [7, 11) is 1.63. The third-order valence-corrected chi connectivity index (χ3v) is 5.27. The molecule has 1 N–H and O–H groups in total. The van der Waals surface area contributed by atoms with Crippen LogP contribution in [0, 0.1) is 18.3 Å². The number of nitriles is 1. The van der Waals surface area contributed by atoms with Gasteiger partial charge in [0.25, 0.3) is 5.91 Å². The number of para-hydroxylation sites is 1. The van der Waals surface area contributed by atoms with Gasteiger partial charge in [0.2, 0.25) is 0 Å². The predicted octanol–water partition coefficient (Wildman–Crippen LogP) is 4.47. The molecule has 4 aromatic rings. The smallest absolute Gasteiger partial charge is 0.262 e. The molecule has 0 fully saturated rings. The molecule has 1 amide bonds. The maximum absolute atomic E-state index is 12.7. The molecule has 7 heteroatoms. The second-order valence-electron chi connectivity index (χ2n) is 7.61. The maximum atomic E-state index is 12.7. The quantitative estimate of drug-likeness (QED) is 0.332. The van der Waals surface area contributed by atoms with Gasteiger partial charge in [-0.3, -0.25) is 9.78 Å². The largest absolute Gasteiger partial charge is 0.496 e. The first kappa shape index (κ1) is 22.5. The summed E-state index contributed by atoms with van der Waals surface area (Å²) in [5.74, 6) is 0.312. The van der Waals surface area contributed by atoms with Crippen LogP contribution in [0.25, 0.3) is 23.0 Å². The number of aromatic nitrogens is 3. The van der Waals surface area contributed by atoms with Crippen LogP contribution in [-0.2, 0) is 11.3 Å². The summed E-state index contributed by atoms with van der Waals surface area (Å²) in [4.78, 5) is 16.8. The van der Waals surface area contributed by atoms with Gasteiger partial charge >= 0.3 is 0 Å². The van der Waals surface area contributed by atoms with Gasteiger partial charge in [0.15, 0.2) is 0 Å². The topological polar surface area (TPSA) is 92.8 Å². The van der Waals surface area contributed by atoms with Crippen LogP contribution >= 0.6 is 0 Å². The van der Waals surface area contributed by atoms with E-state index in [0.29, 0.717) is 11.3 Å². The Kier molecular flexibility index (Phi) is 6.80. The average Bonchev–Trinajstić information content (AvgIpc) is 3.31. The standard InChI is InChI=1S/C27H23N5O2/c1-19-13-21(10-11-25(19)34-2)26-23(18-32(31-26)24-8-4-3-5-9-24)14-22(15-28)27(33)30-17-20-7-6-12-29-16-20/h3-14,16,18H,17H2,1-2H3,(H,30,33). The SMILES string of the molecule is COc1ccc(-c2nn(-c3ccccc3)cc2C=C(C#N)C(=O)NCc2cccnc2)cc1C. The molecule has 7 nitrogen and oxygen atoms in total. The van der Waals surface area contributed by atoms with Crippen molar-refractivity contribution in [1.82, 2.24) is 20.1 Å². The van der Waals surface area contributed by atoms with E-state index >= 15 is 0 Å². The maximum Gasteiger partial charge on any atom is 0.262 e. The van der Waals surface area contributed by atoms with Crippen LogP contribution in [0.15, 0.2) is 84.8 Å². The first-order valence-corrected chi connectivity index (χ1v) is 10.7. The molecule has 168 valence electrons. The van der Waals surface area contributed by atoms with E-state index < -0.39 is 5.91 Å². The van der Waals surface area contributed by atoms with E-state index in [4.69, 9.17) is 9.84 Å². The van der Waals surface area contributed by atoms with Crippen molar-refractivity contribution in [2.24, 2.45) is 0 Å². The van der Waals surface area contributed by atoms with E-state index in [1.54, 1.807) is 36.3 Å². The van der Waals surface area contributed by atoms with Gasteiger partial charge in [0.1, 0.15) is 23.1 Å². The van der Waals surface area contributed by atoms with Crippen molar-refractivity contribution < 1.29 is 9.53 Å². The van der Waals surface area contributed by atoms with Crippen LogP contribution in [0.2, 0.25) is 0 Å². The number of methoxy groups -OCH3 is 1. The molecule has 0 atom stereocenters. The van der Waals surface area contributed by atoms with Crippen molar-refractivity contribution in [1.29, 1.82) is 5.26 Å². The summed E-state index contributed by atoms with van der Waals surface area (Å²) in [6.45, 7) is 2.23. The van der Waals surface area contributed by atoms with E-state index in [-0.39, 0.29) is 12.1 Å². The number of nitrogens with zero attached hydrogens (tertiary/aromatic N) is 4. The number of hydrogen-bond donors (Lipinski definition) is 1. The van der Waals surface area contributed by atoms with Crippen LogP contribution in [0.4, 0.5) is 0 Å². The summed E-state index contributed by atoms with van der Waals surface area (Å²) in [5.41, 5.74) is 4.82. The van der Waals surface area contributed by atoms with Crippen molar-refractivity contribution in [2.75, 3.05) is 7.11 Å². The lowest BCUT2D eigenvalue weighted by Crippen LogP contribution is -2.24. The number of carbonyl (C=O) groups is 1.